The summed E-state index contributed by atoms with van der Waals surface area (Å²) in [5.41, 5.74) is 1.89. The first-order chi connectivity index (χ1) is 9.91. The van der Waals surface area contributed by atoms with Crippen LogP contribution in [0.15, 0.2) is 36.8 Å². The van der Waals surface area contributed by atoms with Gasteiger partial charge in [0.05, 0.1) is 29.3 Å². The van der Waals surface area contributed by atoms with E-state index in [4.69, 9.17) is 5.84 Å². The molecule has 0 fully saturated rings. The van der Waals surface area contributed by atoms with Crippen LogP contribution in [-0.2, 0) is 6.18 Å². The second-order valence-corrected chi connectivity index (χ2v) is 3.95. The van der Waals surface area contributed by atoms with E-state index in [-0.39, 0.29) is 16.9 Å². The molecule has 2 aromatic rings. The third kappa shape index (κ3) is 3.45. The van der Waals surface area contributed by atoms with E-state index in [2.05, 4.69) is 20.7 Å². The van der Waals surface area contributed by atoms with Crippen molar-refractivity contribution in [1.82, 2.24) is 9.97 Å². The minimum atomic E-state index is -4.52. The predicted molar refractivity (Wildman–Crippen MR) is 69.2 cm³/mol. The van der Waals surface area contributed by atoms with Gasteiger partial charge in [0.25, 0.3) is 5.91 Å². The van der Waals surface area contributed by atoms with Crippen LogP contribution in [0.4, 0.5) is 24.5 Å². The number of aromatic nitrogens is 2. The number of carbonyl (C=O) groups is 1. The van der Waals surface area contributed by atoms with Gasteiger partial charge in [0, 0.05) is 6.20 Å². The molecular weight excluding hydrogens is 287 g/mol. The second-order valence-electron chi connectivity index (χ2n) is 3.95. The number of alkyl halides is 3. The third-order valence-corrected chi connectivity index (χ3v) is 2.53. The number of anilines is 2. The summed E-state index contributed by atoms with van der Waals surface area (Å²) in [7, 11) is 0. The molecule has 0 spiro atoms. The highest BCUT2D eigenvalue weighted by molar-refractivity contribution is 6.07. The molecule has 21 heavy (non-hydrogen) atoms. The summed E-state index contributed by atoms with van der Waals surface area (Å²) >= 11 is 0. The van der Waals surface area contributed by atoms with Crippen molar-refractivity contribution in [2.45, 2.75) is 6.18 Å². The smallest absolute Gasteiger partial charge is 0.322 e. The van der Waals surface area contributed by atoms with Crippen LogP contribution < -0.4 is 16.6 Å². The van der Waals surface area contributed by atoms with Crippen LogP contribution in [0, 0.1) is 0 Å². The Balaban J connectivity index is 2.16. The molecule has 0 saturated carbocycles. The van der Waals surface area contributed by atoms with Crippen LogP contribution in [-0.4, -0.2) is 15.9 Å². The Hall–Kier alpha value is -2.68. The van der Waals surface area contributed by atoms with E-state index < -0.39 is 17.8 Å². The van der Waals surface area contributed by atoms with Gasteiger partial charge in [-0.05, 0) is 18.2 Å². The summed E-state index contributed by atoms with van der Waals surface area (Å²) < 4.78 is 37.1. The van der Waals surface area contributed by atoms with Gasteiger partial charge in [-0.25, -0.2) is 4.98 Å². The predicted octanol–water partition coefficient (Wildman–Crippen LogP) is 2.03. The molecule has 0 aliphatic heterocycles. The lowest BCUT2D eigenvalue weighted by molar-refractivity contribution is -0.141. The van der Waals surface area contributed by atoms with Crippen molar-refractivity contribution < 1.29 is 18.0 Å². The molecule has 9 heteroatoms. The fraction of sp³-hybridized carbons (Fsp3) is 0.0833. The molecule has 2 aromatic heterocycles. The number of amides is 1. The quantitative estimate of drug-likeness (QED) is 0.595. The maximum atomic E-state index is 12.4. The van der Waals surface area contributed by atoms with Crippen molar-refractivity contribution in [2.75, 3.05) is 10.7 Å². The van der Waals surface area contributed by atoms with Gasteiger partial charge >= 0.3 is 6.18 Å². The molecule has 2 rings (SSSR count). The Morgan fingerprint density at radius 1 is 1.19 bits per heavy atom. The van der Waals surface area contributed by atoms with Gasteiger partial charge in [0.1, 0.15) is 5.69 Å². The van der Waals surface area contributed by atoms with E-state index >= 15 is 0 Å². The Labute approximate surface area is 117 Å². The highest BCUT2D eigenvalue weighted by Gasteiger charge is 2.32. The van der Waals surface area contributed by atoms with Crippen LogP contribution in [0.1, 0.15) is 16.1 Å². The van der Waals surface area contributed by atoms with Gasteiger partial charge in [-0.3, -0.25) is 15.6 Å². The minimum absolute atomic E-state index is 0.132. The van der Waals surface area contributed by atoms with Crippen LogP contribution in [0.25, 0.3) is 0 Å². The van der Waals surface area contributed by atoms with Gasteiger partial charge in [-0.15, -0.1) is 0 Å². The molecule has 0 aliphatic carbocycles. The summed E-state index contributed by atoms with van der Waals surface area (Å²) in [6.07, 6.45) is -0.859. The first kappa shape index (κ1) is 14.7. The summed E-state index contributed by atoms with van der Waals surface area (Å²) in [6.45, 7) is 0. The molecule has 2 heterocycles. The average molecular weight is 297 g/mol. The van der Waals surface area contributed by atoms with E-state index in [0.717, 1.165) is 18.3 Å². The maximum absolute atomic E-state index is 12.4. The van der Waals surface area contributed by atoms with E-state index in [0.29, 0.717) is 0 Å². The normalized spacial score (nSPS) is 11.0. The van der Waals surface area contributed by atoms with Crippen LogP contribution in [0.5, 0.6) is 0 Å². The number of hydrazine groups is 1. The van der Waals surface area contributed by atoms with Crippen LogP contribution in [0.3, 0.4) is 0 Å². The Morgan fingerprint density at radius 2 is 1.95 bits per heavy atom. The molecular formula is C12H10F3N5O. The molecule has 0 saturated heterocycles. The lowest BCUT2D eigenvalue weighted by atomic mass is 10.2. The van der Waals surface area contributed by atoms with Crippen molar-refractivity contribution in [3.63, 3.8) is 0 Å². The van der Waals surface area contributed by atoms with Gasteiger partial charge in [-0.1, -0.05) is 0 Å². The van der Waals surface area contributed by atoms with Crippen molar-refractivity contribution in [2.24, 2.45) is 5.84 Å². The number of nitrogens with two attached hydrogens (primary N) is 1. The number of hydrogen-bond donors (Lipinski definition) is 3. The highest BCUT2D eigenvalue weighted by Crippen LogP contribution is 2.27. The second kappa shape index (κ2) is 5.75. The summed E-state index contributed by atoms with van der Waals surface area (Å²) in [5, 5.41) is 2.42. The number of halogens is 3. The minimum Gasteiger partial charge on any atom is -0.322 e. The number of carbonyl (C=O) groups excluding carboxylic acids is 1. The van der Waals surface area contributed by atoms with Crippen molar-refractivity contribution >= 4 is 17.3 Å². The first-order valence-corrected chi connectivity index (χ1v) is 5.67. The van der Waals surface area contributed by atoms with Crippen LogP contribution in [0.2, 0.25) is 0 Å². The highest BCUT2D eigenvalue weighted by atomic mass is 19.4. The number of nitrogens with zero attached hydrogens (tertiary/aromatic N) is 2. The lowest BCUT2D eigenvalue weighted by Gasteiger charge is -2.10. The van der Waals surface area contributed by atoms with E-state index in [9.17, 15) is 18.0 Å². The molecule has 0 bridgehead atoms. The monoisotopic (exact) mass is 297 g/mol. The third-order valence-electron chi connectivity index (χ3n) is 2.53. The fourth-order valence-corrected chi connectivity index (χ4v) is 1.54. The first-order valence-electron chi connectivity index (χ1n) is 5.67. The fourth-order valence-electron chi connectivity index (χ4n) is 1.54. The topological polar surface area (TPSA) is 92.9 Å². The van der Waals surface area contributed by atoms with Crippen LogP contribution >= 0.6 is 0 Å². The Morgan fingerprint density at radius 3 is 2.52 bits per heavy atom. The van der Waals surface area contributed by atoms with Gasteiger partial charge in [0.2, 0.25) is 0 Å². The molecule has 1 amide bonds. The number of hydrogen-bond acceptors (Lipinski definition) is 5. The Bertz CT molecular complexity index is 642. The van der Waals surface area contributed by atoms with Gasteiger partial charge in [-0.2, -0.15) is 13.2 Å². The van der Waals surface area contributed by atoms with E-state index in [1.54, 1.807) is 0 Å². The van der Waals surface area contributed by atoms with Gasteiger partial charge < -0.3 is 10.7 Å². The standard InChI is InChI=1S/C12H10F3N5O/c13-12(14,15)10-2-1-7(5-18-10)19-11(21)8-3-4-17-6-9(8)20-16/h1-6,20H,16H2,(H,19,21). The number of nitrogens with one attached hydrogen (secondary N) is 2. The molecule has 110 valence electrons. The molecule has 6 nitrogen and oxygen atoms in total. The van der Waals surface area contributed by atoms with Crippen molar-refractivity contribution in [3.05, 3.63) is 48.0 Å². The largest absolute Gasteiger partial charge is 0.433 e. The lowest BCUT2D eigenvalue weighted by Crippen LogP contribution is -2.17. The molecule has 0 aromatic carbocycles. The van der Waals surface area contributed by atoms with Crippen molar-refractivity contribution in [1.29, 1.82) is 0 Å². The number of nitrogen functional groups attached to an aromatic ring is 1. The summed E-state index contributed by atoms with van der Waals surface area (Å²) in [6, 6.07) is 3.32. The summed E-state index contributed by atoms with van der Waals surface area (Å²) in [4.78, 5) is 19.0. The molecule has 0 atom stereocenters. The van der Waals surface area contributed by atoms with Crippen molar-refractivity contribution in [3.8, 4) is 0 Å². The number of pyridine rings is 2. The number of rotatable bonds is 3. The maximum Gasteiger partial charge on any atom is 0.433 e. The molecule has 4 N–H and O–H groups in total. The van der Waals surface area contributed by atoms with E-state index in [1.165, 1.54) is 18.5 Å². The zero-order valence-electron chi connectivity index (χ0n) is 10.5. The molecule has 0 radical (unpaired) electrons. The average Bonchev–Trinajstić information content (AvgIpc) is 2.46. The zero-order chi connectivity index (χ0) is 15.5. The van der Waals surface area contributed by atoms with Gasteiger partial charge in [0.15, 0.2) is 0 Å². The SMILES string of the molecule is NNc1cnccc1C(=O)Nc1ccc(C(F)(F)F)nc1. The Kier molecular flexibility index (Phi) is 4.03. The van der Waals surface area contributed by atoms with E-state index in [1.807, 2.05) is 0 Å². The molecule has 0 unspecified atom stereocenters. The zero-order valence-corrected chi connectivity index (χ0v) is 10.5. The molecule has 0 aliphatic rings. The summed E-state index contributed by atoms with van der Waals surface area (Å²) in [5.74, 6) is 4.69.